The van der Waals surface area contributed by atoms with Gasteiger partial charge in [-0.1, -0.05) is 84.0 Å². The standard InChI is InChI=1S/C59H96FN3O18/c1-31(2)24-44(64)77-50-38(9)49(33(4)30-73-57-53(71-15)52(70-14)46(65)41(12)76-57)79-55(68)40(11)51(78-45-25-34(5)63(23-22-60)29-36(7)74-45)37(8)48(80-56-47(66)43(62-72-16)26-35(6)75-56)32(3)27-59(13,54(67)39(50)10)81-58(69)61-28-42-20-18-17-19-21-42/h17-21,31-41,45-53,56-57,65-66H,22-30H2,1-16H3,(H,61,69)/t32-,33-,34?,35+,36-,37+,38-,39+,40+,41+,45-,46+,47+,48-,49+,50+,51-,52+,53+,56-,57+,59-/m0/s1. The molecule has 4 fully saturated rings. The zero-order chi connectivity index (χ0) is 60.0. The first-order valence-corrected chi connectivity index (χ1v) is 28.9. The lowest BCUT2D eigenvalue weighted by Gasteiger charge is -2.45. The fourth-order valence-electron chi connectivity index (χ4n) is 12.1. The van der Waals surface area contributed by atoms with Gasteiger partial charge in [-0.3, -0.25) is 19.3 Å². The van der Waals surface area contributed by atoms with Crippen LogP contribution in [0.1, 0.15) is 121 Å². The summed E-state index contributed by atoms with van der Waals surface area (Å²) in [5.41, 5.74) is -0.945. The molecule has 0 aromatic heterocycles. The van der Waals surface area contributed by atoms with Crippen LogP contribution in [0, 0.1) is 41.4 Å². The number of benzene rings is 1. The number of alkyl halides is 1. The number of oxime groups is 1. The molecule has 0 saturated carbocycles. The number of carbonyl (C=O) groups is 4. The summed E-state index contributed by atoms with van der Waals surface area (Å²) in [5.74, 6) is -7.72. The largest absolute Gasteiger partial charge is 0.461 e. The van der Waals surface area contributed by atoms with Crippen molar-refractivity contribution in [2.75, 3.05) is 47.7 Å². The number of aliphatic hydroxyl groups excluding tert-OH is 2. The first-order valence-electron chi connectivity index (χ1n) is 28.9. The van der Waals surface area contributed by atoms with Crippen LogP contribution in [0.2, 0.25) is 0 Å². The van der Waals surface area contributed by atoms with Crippen LogP contribution < -0.4 is 5.32 Å². The minimum Gasteiger partial charge on any atom is -0.461 e. The number of hydrogen-bond donors (Lipinski definition) is 3. The number of nitrogens with zero attached hydrogens (tertiary/aromatic N) is 2. The van der Waals surface area contributed by atoms with E-state index >= 15 is 9.59 Å². The molecule has 1 amide bonds. The van der Waals surface area contributed by atoms with Crippen LogP contribution in [0.15, 0.2) is 35.5 Å². The smallest absolute Gasteiger partial charge is 0.408 e. The van der Waals surface area contributed by atoms with Gasteiger partial charge in [0.1, 0.15) is 50.4 Å². The lowest BCUT2D eigenvalue weighted by molar-refractivity contribution is -0.305. The van der Waals surface area contributed by atoms with Gasteiger partial charge in [-0.15, -0.1) is 0 Å². The second-order valence-electron chi connectivity index (χ2n) is 23.7. The first kappa shape index (κ1) is 67.8. The Morgan fingerprint density at radius 1 is 0.840 bits per heavy atom. The SMILES string of the molecule is CON=C1C[C@@H](C)O[C@@H](O[C@@H]2[C@@H](C)[C@H](O[C@H]3CC(C)N(CCF)C[C@H](C)O3)[C@@H](C)C(=O)O[C@H]([C@@H](C)CO[C@@H]3O[C@H](C)[C@@H](O)[C@@H](OC)[C@H]3OC)[C@H](C)[C@@H](OC(=O)CC(C)C)[C@@H](C)C(=O)[C@@](C)(OC(=O)NCc3ccccc3)C[C@@H]2C)[C@@H]1O. The van der Waals surface area contributed by atoms with Crippen LogP contribution in [0.5, 0.6) is 0 Å². The van der Waals surface area contributed by atoms with E-state index in [0.29, 0.717) is 6.54 Å². The van der Waals surface area contributed by atoms with Gasteiger partial charge < -0.3 is 72.5 Å². The molecule has 0 bridgehead atoms. The molecule has 462 valence electrons. The number of methoxy groups -OCH3 is 2. The van der Waals surface area contributed by atoms with E-state index in [1.165, 1.54) is 28.3 Å². The van der Waals surface area contributed by atoms with Crippen LogP contribution in [0.3, 0.4) is 0 Å². The number of ether oxygens (including phenoxy) is 11. The maximum Gasteiger partial charge on any atom is 0.408 e. The molecule has 22 heteroatoms. The Kier molecular flexibility index (Phi) is 26.2. The quantitative estimate of drug-likeness (QED) is 0.0755. The number of alkyl carbamates (subject to hydrolysis) is 1. The lowest BCUT2D eigenvalue weighted by atomic mass is 9.74. The highest BCUT2D eigenvalue weighted by Crippen LogP contribution is 2.40. The molecule has 1 aromatic carbocycles. The van der Waals surface area contributed by atoms with Crippen LogP contribution in [0.4, 0.5) is 9.18 Å². The van der Waals surface area contributed by atoms with Gasteiger partial charge in [0.2, 0.25) is 0 Å². The maximum absolute atomic E-state index is 15.8. The molecule has 1 unspecified atom stereocenters. The van der Waals surface area contributed by atoms with E-state index in [2.05, 4.69) is 10.5 Å². The Morgan fingerprint density at radius 2 is 1.52 bits per heavy atom. The first-order chi connectivity index (χ1) is 38.3. The number of carbonyl (C=O) groups excluding carboxylic acids is 4. The van der Waals surface area contributed by atoms with Gasteiger partial charge in [-0.05, 0) is 65.4 Å². The number of amides is 1. The molecule has 4 heterocycles. The molecular formula is C59H96FN3O18. The van der Waals surface area contributed by atoms with E-state index in [0.717, 1.165) is 5.56 Å². The van der Waals surface area contributed by atoms with E-state index < -0.39 is 158 Å². The fraction of sp³-hybridized carbons (Fsp3) is 0.814. The Labute approximate surface area is 479 Å². The number of nitrogens with one attached hydrogen (secondary N) is 1. The average molecular weight is 1150 g/mol. The Balaban J connectivity index is 1.71. The molecule has 1 aromatic rings. The molecular weight excluding hydrogens is 1060 g/mol. The van der Waals surface area contributed by atoms with E-state index in [9.17, 15) is 24.2 Å². The van der Waals surface area contributed by atoms with Crippen molar-refractivity contribution in [2.45, 2.75) is 220 Å². The molecule has 81 heavy (non-hydrogen) atoms. The molecule has 0 aliphatic carbocycles. The summed E-state index contributed by atoms with van der Waals surface area (Å²) < 4.78 is 84.2. The Hall–Kier alpha value is -3.94. The minimum atomic E-state index is -1.99. The summed E-state index contributed by atoms with van der Waals surface area (Å²) in [6.07, 6.45) is -14.4. The van der Waals surface area contributed by atoms with E-state index in [1.807, 2.05) is 69.9 Å². The minimum absolute atomic E-state index is 0.00838. The van der Waals surface area contributed by atoms with E-state index in [-0.39, 0.29) is 63.1 Å². The third-order valence-corrected chi connectivity index (χ3v) is 16.4. The second-order valence-corrected chi connectivity index (χ2v) is 23.7. The van der Waals surface area contributed by atoms with Crippen molar-refractivity contribution in [3.05, 3.63) is 35.9 Å². The summed E-state index contributed by atoms with van der Waals surface area (Å²) in [7, 11) is 4.26. The average Bonchev–Trinajstić information content (AvgIpc) is 3.56. The number of aliphatic hydroxyl groups is 2. The number of ketones is 1. The van der Waals surface area contributed by atoms with Crippen LogP contribution >= 0.6 is 0 Å². The summed E-state index contributed by atoms with van der Waals surface area (Å²) in [4.78, 5) is 66.6. The van der Waals surface area contributed by atoms with Gasteiger partial charge in [-0.25, -0.2) is 9.18 Å². The molecule has 4 aliphatic rings. The van der Waals surface area contributed by atoms with Gasteiger partial charge in [0.05, 0.1) is 54.7 Å². The molecule has 21 nitrogen and oxygen atoms in total. The van der Waals surface area contributed by atoms with E-state index in [4.69, 9.17) is 56.9 Å². The zero-order valence-corrected chi connectivity index (χ0v) is 50.7. The van der Waals surface area contributed by atoms with Crippen LogP contribution in [-0.2, 0) is 77.9 Å². The van der Waals surface area contributed by atoms with Crippen molar-refractivity contribution < 1.29 is 90.7 Å². The van der Waals surface area contributed by atoms with Gasteiger partial charge in [-0.2, -0.15) is 0 Å². The zero-order valence-electron chi connectivity index (χ0n) is 50.7. The summed E-state index contributed by atoms with van der Waals surface area (Å²) in [5, 5.41) is 29.7. The van der Waals surface area contributed by atoms with Gasteiger partial charge in [0.15, 0.2) is 30.3 Å². The Morgan fingerprint density at radius 3 is 2.15 bits per heavy atom. The molecule has 0 radical (unpaired) electrons. The number of cyclic esters (lactones) is 1. The van der Waals surface area contributed by atoms with Crippen LogP contribution in [0.25, 0.3) is 0 Å². The maximum atomic E-state index is 15.8. The monoisotopic (exact) mass is 1150 g/mol. The van der Waals surface area contributed by atoms with Crippen molar-refractivity contribution in [1.82, 2.24) is 10.2 Å². The molecule has 4 saturated heterocycles. The van der Waals surface area contributed by atoms with Crippen molar-refractivity contribution in [1.29, 1.82) is 0 Å². The number of rotatable bonds is 19. The van der Waals surface area contributed by atoms with E-state index in [1.54, 1.807) is 48.5 Å². The third-order valence-electron chi connectivity index (χ3n) is 16.4. The van der Waals surface area contributed by atoms with Crippen molar-refractivity contribution >= 4 is 29.5 Å². The topological polar surface area (TPSA) is 247 Å². The number of halogens is 1. The number of Topliss-reactive ketones (excluding diaryl/α,β-unsaturated/α-hetero) is 1. The Bertz CT molecular complexity index is 2160. The van der Waals surface area contributed by atoms with Gasteiger partial charge in [0.25, 0.3) is 0 Å². The number of hydrogen-bond acceptors (Lipinski definition) is 20. The van der Waals surface area contributed by atoms with Crippen molar-refractivity contribution in [3.63, 3.8) is 0 Å². The van der Waals surface area contributed by atoms with Crippen LogP contribution in [-0.4, -0.2) is 190 Å². The molecule has 5 rings (SSSR count). The normalized spacial score (nSPS) is 38.8. The predicted molar refractivity (Wildman–Crippen MR) is 295 cm³/mol. The predicted octanol–water partition coefficient (Wildman–Crippen LogP) is 6.55. The summed E-state index contributed by atoms with van der Waals surface area (Å²) in [6.45, 7) is 22.9. The summed E-state index contributed by atoms with van der Waals surface area (Å²) in [6, 6.07) is 8.97. The highest BCUT2D eigenvalue weighted by molar-refractivity contribution is 5.91. The molecule has 22 atom stereocenters. The highest BCUT2D eigenvalue weighted by Gasteiger charge is 2.53. The highest BCUT2D eigenvalue weighted by atomic mass is 19.1. The second kappa shape index (κ2) is 31.3. The molecule has 0 spiro atoms. The third kappa shape index (κ3) is 18.0. The number of esters is 2. The van der Waals surface area contributed by atoms with Gasteiger partial charge in [0, 0.05) is 76.9 Å². The molecule has 4 aliphatic heterocycles. The molecule has 3 N–H and O–H groups in total. The van der Waals surface area contributed by atoms with Crippen molar-refractivity contribution in [3.8, 4) is 0 Å². The summed E-state index contributed by atoms with van der Waals surface area (Å²) >= 11 is 0. The van der Waals surface area contributed by atoms with Gasteiger partial charge >= 0.3 is 18.0 Å². The fourth-order valence-corrected chi connectivity index (χ4v) is 12.1. The lowest BCUT2D eigenvalue weighted by Crippen LogP contribution is -2.59. The van der Waals surface area contributed by atoms with Crippen molar-refractivity contribution in [2.24, 2.45) is 46.6 Å².